The molecule has 1 aromatic rings. The summed E-state index contributed by atoms with van der Waals surface area (Å²) < 4.78 is 24.2. The molecule has 1 saturated heterocycles. The van der Waals surface area contributed by atoms with Crippen molar-refractivity contribution in [2.45, 2.75) is 38.7 Å². The maximum Gasteiger partial charge on any atom is 0.191 e. The highest BCUT2D eigenvalue weighted by Crippen LogP contribution is 2.08. The molecule has 6 heteroatoms. The zero-order valence-corrected chi connectivity index (χ0v) is 15.1. The molecule has 1 unspecified atom stereocenters. The van der Waals surface area contributed by atoms with Crippen LogP contribution in [0.4, 0.5) is 4.39 Å². The van der Waals surface area contributed by atoms with Gasteiger partial charge >= 0.3 is 0 Å². The Kier molecular flexibility index (Phi) is 9.29. The third kappa shape index (κ3) is 8.31. The van der Waals surface area contributed by atoms with Gasteiger partial charge < -0.3 is 20.1 Å². The van der Waals surface area contributed by atoms with Gasteiger partial charge in [-0.05, 0) is 50.3 Å². The van der Waals surface area contributed by atoms with E-state index < -0.39 is 0 Å². The van der Waals surface area contributed by atoms with Crippen LogP contribution in [0.3, 0.4) is 0 Å². The Hall–Kier alpha value is -1.66. The Labute approximate surface area is 150 Å². The fourth-order valence-electron chi connectivity index (χ4n) is 2.68. The Morgan fingerprint density at radius 1 is 1.36 bits per heavy atom. The second-order valence-electron chi connectivity index (χ2n) is 6.13. The summed E-state index contributed by atoms with van der Waals surface area (Å²) in [5.74, 6) is 0.647. The lowest BCUT2D eigenvalue weighted by Gasteiger charge is -2.13. The molecule has 1 aromatic carbocycles. The molecule has 0 radical (unpaired) electrons. The molecule has 2 rings (SSSR count). The van der Waals surface area contributed by atoms with E-state index in [1.807, 2.05) is 13.0 Å². The van der Waals surface area contributed by atoms with E-state index in [2.05, 4.69) is 15.6 Å². The molecule has 0 aromatic heterocycles. The van der Waals surface area contributed by atoms with Crippen molar-refractivity contribution in [1.82, 2.24) is 10.6 Å². The van der Waals surface area contributed by atoms with E-state index in [9.17, 15) is 4.39 Å². The van der Waals surface area contributed by atoms with Crippen LogP contribution in [0.2, 0.25) is 0 Å². The Morgan fingerprint density at radius 2 is 2.28 bits per heavy atom. The van der Waals surface area contributed by atoms with Crippen molar-refractivity contribution in [3.05, 3.63) is 35.6 Å². The monoisotopic (exact) mass is 351 g/mol. The van der Waals surface area contributed by atoms with E-state index in [1.54, 1.807) is 12.1 Å². The standard InChI is InChI=1S/C19H30FN3O2/c1-2-21-19(23-11-5-12-25-18-9-13-24-15-18)22-10-4-7-16-6-3-8-17(20)14-16/h3,6,8,14,18H,2,4-5,7,9-13,15H2,1H3,(H2,21,22,23). The highest BCUT2D eigenvalue weighted by Gasteiger charge is 2.15. The smallest absolute Gasteiger partial charge is 0.191 e. The minimum Gasteiger partial charge on any atom is -0.379 e. The van der Waals surface area contributed by atoms with Crippen molar-refractivity contribution in [2.24, 2.45) is 4.99 Å². The van der Waals surface area contributed by atoms with Gasteiger partial charge in [-0.25, -0.2) is 4.39 Å². The van der Waals surface area contributed by atoms with Gasteiger partial charge in [-0.15, -0.1) is 0 Å². The number of ether oxygens (including phenoxy) is 2. The Morgan fingerprint density at radius 3 is 3.04 bits per heavy atom. The molecule has 1 heterocycles. The summed E-state index contributed by atoms with van der Waals surface area (Å²) in [5.41, 5.74) is 1.02. The van der Waals surface area contributed by atoms with E-state index in [4.69, 9.17) is 9.47 Å². The van der Waals surface area contributed by atoms with E-state index in [0.29, 0.717) is 6.54 Å². The lowest BCUT2D eigenvalue weighted by molar-refractivity contribution is 0.0420. The molecule has 0 aliphatic carbocycles. The van der Waals surface area contributed by atoms with Crippen molar-refractivity contribution in [3.63, 3.8) is 0 Å². The van der Waals surface area contributed by atoms with E-state index in [-0.39, 0.29) is 11.9 Å². The summed E-state index contributed by atoms with van der Waals surface area (Å²) in [6.07, 6.45) is 3.93. The zero-order valence-electron chi connectivity index (χ0n) is 15.1. The SMILES string of the molecule is CCNC(=NCCCc1cccc(F)c1)NCCCOC1CCOC1. The average Bonchev–Trinajstić information content (AvgIpc) is 3.12. The van der Waals surface area contributed by atoms with Crippen LogP contribution < -0.4 is 10.6 Å². The van der Waals surface area contributed by atoms with E-state index in [1.165, 1.54) is 6.07 Å². The van der Waals surface area contributed by atoms with Crippen LogP contribution in [0, 0.1) is 5.82 Å². The molecule has 0 amide bonds. The van der Waals surface area contributed by atoms with Gasteiger partial charge in [0.2, 0.25) is 0 Å². The fraction of sp³-hybridized carbons (Fsp3) is 0.632. The lowest BCUT2D eigenvalue weighted by Crippen LogP contribution is -2.38. The highest BCUT2D eigenvalue weighted by molar-refractivity contribution is 5.79. The van der Waals surface area contributed by atoms with Crippen LogP contribution in [-0.4, -0.2) is 51.5 Å². The van der Waals surface area contributed by atoms with Gasteiger partial charge in [0.1, 0.15) is 5.82 Å². The number of benzene rings is 1. The molecular weight excluding hydrogens is 321 g/mol. The summed E-state index contributed by atoms with van der Waals surface area (Å²) in [4.78, 5) is 4.57. The van der Waals surface area contributed by atoms with Gasteiger partial charge in [0.05, 0.1) is 12.7 Å². The second kappa shape index (κ2) is 11.8. The van der Waals surface area contributed by atoms with Gasteiger partial charge in [0.15, 0.2) is 5.96 Å². The predicted molar refractivity (Wildman–Crippen MR) is 98.5 cm³/mol. The summed E-state index contributed by atoms with van der Waals surface area (Å²) in [5, 5.41) is 6.56. The van der Waals surface area contributed by atoms with Crippen molar-refractivity contribution in [1.29, 1.82) is 0 Å². The molecule has 0 bridgehead atoms. The molecule has 1 fully saturated rings. The number of halogens is 1. The molecule has 140 valence electrons. The number of rotatable bonds is 10. The maximum atomic E-state index is 13.1. The molecule has 2 N–H and O–H groups in total. The third-order valence-electron chi connectivity index (χ3n) is 3.98. The molecule has 0 spiro atoms. The fourth-order valence-corrected chi connectivity index (χ4v) is 2.68. The first kappa shape index (κ1) is 19.7. The quantitative estimate of drug-likeness (QED) is 0.386. The molecular formula is C19H30FN3O2. The minimum atomic E-state index is -0.178. The summed E-state index contributed by atoms with van der Waals surface area (Å²) in [6.45, 7) is 6.68. The van der Waals surface area contributed by atoms with E-state index in [0.717, 1.165) is 70.1 Å². The molecule has 25 heavy (non-hydrogen) atoms. The Bertz CT molecular complexity index is 519. The molecule has 5 nitrogen and oxygen atoms in total. The molecule has 1 aliphatic rings. The average molecular weight is 351 g/mol. The molecule has 0 saturated carbocycles. The number of hydrogen-bond acceptors (Lipinski definition) is 3. The number of guanidine groups is 1. The van der Waals surface area contributed by atoms with Crippen molar-refractivity contribution >= 4 is 5.96 Å². The first-order valence-corrected chi connectivity index (χ1v) is 9.24. The topological polar surface area (TPSA) is 54.9 Å². The van der Waals surface area contributed by atoms with Crippen LogP contribution >= 0.6 is 0 Å². The van der Waals surface area contributed by atoms with Gasteiger partial charge in [-0.3, -0.25) is 4.99 Å². The Balaban J connectivity index is 1.60. The van der Waals surface area contributed by atoms with Crippen molar-refractivity contribution in [3.8, 4) is 0 Å². The summed E-state index contributed by atoms with van der Waals surface area (Å²) >= 11 is 0. The number of nitrogens with one attached hydrogen (secondary N) is 2. The number of hydrogen-bond donors (Lipinski definition) is 2. The predicted octanol–water partition coefficient (Wildman–Crippen LogP) is 2.51. The van der Waals surface area contributed by atoms with Crippen LogP contribution in [0.1, 0.15) is 31.7 Å². The van der Waals surface area contributed by atoms with Crippen molar-refractivity contribution < 1.29 is 13.9 Å². The lowest BCUT2D eigenvalue weighted by atomic mass is 10.1. The van der Waals surface area contributed by atoms with Gasteiger partial charge in [0, 0.05) is 32.8 Å². The third-order valence-corrected chi connectivity index (χ3v) is 3.98. The maximum absolute atomic E-state index is 13.1. The largest absolute Gasteiger partial charge is 0.379 e. The second-order valence-corrected chi connectivity index (χ2v) is 6.13. The highest BCUT2D eigenvalue weighted by atomic mass is 19.1. The van der Waals surface area contributed by atoms with Gasteiger partial charge in [-0.2, -0.15) is 0 Å². The normalized spacial score (nSPS) is 17.7. The summed E-state index contributed by atoms with van der Waals surface area (Å²) in [6, 6.07) is 6.76. The first-order chi connectivity index (χ1) is 12.3. The molecule has 1 aliphatic heterocycles. The number of aryl methyl sites for hydroxylation is 1. The number of aliphatic imine (C=N–C) groups is 1. The zero-order chi connectivity index (χ0) is 17.7. The first-order valence-electron chi connectivity index (χ1n) is 9.24. The minimum absolute atomic E-state index is 0.178. The summed E-state index contributed by atoms with van der Waals surface area (Å²) in [7, 11) is 0. The van der Waals surface area contributed by atoms with Gasteiger partial charge in [-0.1, -0.05) is 12.1 Å². The molecule has 1 atom stereocenters. The van der Waals surface area contributed by atoms with Crippen molar-refractivity contribution in [2.75, 3.05) is 39.5 Å². The van der Waals surface area contributed by atoms with Crippen LogP contribution in [-0.2, 0) is 15.9 Å². The van der Waals surface area contributed by atoms with Crippen LogP contribution in [0.15, 0.2) is 29.3 Å². The number of nitrogens with zero attached hydrogens (tertiary/aromatic N) is 1. The van der Waals surface area contributed by atoms with Gasteiger partial charge in [0.25, 0.3) is 0 Å². The van der Waals surface area contributed by atoms with Crippen LogP contribution in [0.25, 0.3) is 0 Å². The van der Waals surface area contributed by atoms with E-state index >= 15 is 0 Å². The van der Waals surface area contributed by atoms with Crippen LogP contribution in [0.5, 0.6) is 0 Å².